The first-order chi connectivity index (χ1) is 7.84. The first-order valence-electron chi connectivity index (χ1n) is 5.17. The third kappa shape index (κ3) is 1.43. The summed E-state index contributed by atoms with van der Waals surface area (Å²) >= 11 is 0. The van der Waals surface area contributed by atoms with Crippen LogP contribution >= 0.6 is 0 Å². The standard InChI is InChI=1S/C12H10FN3/c13-10-7-14-12(15-8-10)16-6-5-9-3-1-2-4-11(9)16/h1-4,7-8H,5-6H2. The second kappa shape index (κ2) is 3.56. The van der Waals surface area contributed by atoms with Gasteiger partial charge in [0.2, 0.25) is 5.95 Å². The van der Waals surface area contributed by atoms with Gasteiger partial charge in [-0.1, -0.05) is 18.2 Å². The first-order valence-corrected chi connectivity index (χ1v) is 5.17. The van der Waals surface area contributed by atoms with Crippen LogP contribution < -0.4 is 4.90 Å². The maximum absolute atomic E-state index is 12.7. The van der Waals surface area contributed by atoms with Crippen molar-refractivity contribution >= 4 is 11.6 Å². The fraction of sp³-hybridized carbons (Fsp3) is 0.167. The highest BCUT2D eigenvalue weighted by atomic mass is 19.1. The Bertz CT molecular complexity index is 510. The highest BCUT2D eigenvalue weighted by Gasteiger charge is 2.21. The lowest BCUT2D eigenvalue weighted by Gasteiger charge is -2.16. The molecule has 3 nitrogen and oxygen atoms in total. The van der Waals surface area contributed by atoms with Crippen LogP contribution in [0.25, 0.3) is 0 Å². The zero-order valence-corrected chi connectivity index (χ0v) is 8.60. The molecule has 1 aromatic carbocycles. The summed E-state index contributed by atoms with van der Waals surface area (Å²) in [6.07, 6.45) is 3.38. The van der Waals surface area contributed by atoms with Crippen LogP contribution in [-0.4, -0.2) is 16.5 Å². The molecule has 0 unspecified atom stereocenters. The molecule has 0 N–H and O–H groups in total. The lowest BCUT2D eigenvalue weighted by molar-refractivity contribution is 0.613. The summed E-state index contributed by atoms with van der Waals surface area (Å²) in [4.78, 5) is 10.0. The van der Waals surface area contributed by atoms with Crippen LogP contribution in [0.15, 0.2) is 36.7 Å². The largest absolute Gasteiger partial charge is 0.310 e. The molecule has 80 valence electrons. The molecule has 0 aliphatic carbocycles. The number of halogens is 1. The number of para-hydroxylation sites is 1. The van der Waals surface area contributed by atoms with E-state index in [0.29, 0.717) is 5.95 Å². The SMILES string of the molecule is Fc1cnc(N2CCc3ccccc32)nc1. The lowest BCUT2D eigenvalue weighted by atomic mass is 10.2. The predicted molar refractivity (Wildman–Crippen MR) is 59.1 cm³/mol. The van der Waals surface area contributed by atoms with E-state index in [2.05, 4.69) is 16.0 Å². The molecule has 4 heteroatoms. The number of anilines is 2. The fourth-order valence-corrected chi connectivity index (χ4v) is 1.99. The summed E-state index contributed by atoms with van der Waals surface area (Å²) in [5, 5.41) is 0. The van der Waals surface area contributed by atoms with E-state index < -0.39 is 5.82 Å². The molecule has 0 spiro atoms. The van der Waals surface area contributed by atoms with Crippen LogP contribution in [0.3, 0.4) is 0 Å². The molecular formula is C12H10FN3. The highest BCUT2D eigenvalue weighted by Crippen LogP contribution is 2.31. The highest BCUT2D eigenvalue weighted by molar-refractivity contribution is 5.65. The summed E-state index contributed by atoms with van der Waals surface area (Å²) < 4.78 is 12.7. The summed E-state index contributed by atoms with van der Waals surface area (Å²) in [5.74, 6) is 0.155. The van der Waals surface area contributed by atoms with Gasteiger partial charge in [0, 0.05) is 12.2 Å². The van der Waals surface area contributed by atoms with E-state index in [0.717, 1.165) is 18.7 Å². The number of rotatable bonds is 1. The van der Waals surface area contributed by atoms with Gasteiger partial charge in [-0.25, -0.2) is 14.4 Å². The van der Waals surface area contributed by atoms with Crippen molar-refractivity contribution in [3.8, 4) is 0 Å². The molecule has 1 aliphatic heterocycles. The van der Waals surface area contributed by atoms with Crippen molar-refractivity contribution in [2.24, 2.45) is 0 Å². The van der Waals surface area contributed by atoms with E-state index in [1.54, 1.807) is 0 Å². The zero-order chi connectivity index (χ0) is 11.0. The molecule has 2 heterocycles. The Morgan fingerprint density at radius 2 is 1.88 bits per heavy atom. The van der Waals surface area contributed by atoms with Gasteiger partial charge < -0.3 is 4.90 Å². The Hall–Kier alpha value is -1.97. The number of hydrogen-bond donors (Lipinski definition) is 0. The third-order valence-corrected chi connectivity index (χ3v) is 2.74. The van der Waals surface area contributed by atoms with Crippen LogP contribution in [0.2, 0.25) is 0 Å². The monoisotopic (exact) mass is 215 g/mol. The van der Waals surface area contributed by atoms with Crippen molar-refractivity contribution in [2.75, 3.05) is 11.4 Å². The van der Waals surface area contributed by atoms with Crippen molar-refractivity contribution < 1.29 is 4.39 Å². The van der Waals surface area contributed by atoms with Crippen molar-refractivity contribution in [2.45, 2.75) is 6.42 Å². The Labute approximate surface area is 92.6 Å². The minimum Gasteiger partial charge on any atom is -0.310 e. The minimum absolute atomic E-state index is 0.406. The average molecular weight is 215 g/mol. The molecule has 16 heavy (non-hydrogen) atoms. The molecule has 0 radical (unpaired) electrons. The maximum Gasteiger partial charge on any atom is 0.230 e. The normalized spacial score (nSPS) is 13.9. The molecule has 1 aromatic heterocycles. The summed E-state index contributed by atoms with van der Waals surface area (Å²) in [5.41, 5.74) is 2.41. The van der Waals surface area contributed by atoms with Crippen molar-refractivity contribution in [1.82, 2.24) is 9.97 Å². The van der Waals surface area contributed by atoms with E-state index in [-0.39, 0.29) is 0 Å². The molecule has 0 atom stereocenters. The molecule has 1 aliphatic rings. The smallest absolute Gasteiger partial charge is 0.230 e. The molecule has 0 saturated carbocycles. The second-order valence-electron chi connectivity index (χ2n) is 3.73. The number of fused-ring (bicyclic) bond motifs is 1. The van der Waals surface area contributed by atoms with Gasteiger partial charge >= 0.3 is 0 Å². The topological polar surface area (TPSA) is 29.0 Å². The van der Waals surface area contributed by atoms with Crippen LogP contribution in [0, 0.1) is 5.82 Å². The van der Waals surface area contributed by atoms with Crippen molar-refractivity contribution in [3.05, 3.63) is 48.0 Å². The quantitative estimate of drug-likeness (QED) is 0.731. The number of nitrogens with zero attached hydrogens (tertiary/aromatic N) is 3. The average Bonchev–Trinajstić information content (AvgIpc) is 2.74. The Balaban J connectivity index is 2.01. The maximum atomic E-state index is 12.7. The number of hydrogen-bond acceptors (Lipinski definition) is 3. The molecule has 3 rings (SSSR count). The van der Waals surface area contributed by atoms with E-state index >= 15 is 0 Å². The summed E-state index contributed by atoms with van der Waals surface area (Å²) in [6.45, 7) is 0.852. The van der Waals surface area contributed by atoms with Gasteiger partial charge in [0.15, 0.2) is 5.82 Å². The zero-order valence-electron chi connectivity index (χ0n) is 8.60. The Morgan fingerprint density at radius 3 is 2.69 bits per heavy atom. The van der Waals surface area contributed by atoms with Gasteiger partial charge in [0.1, 0.15) is 0 Å². The van der Waals surface area contributed by atoms with Gasteiger partial charge in [-0.05, 0) is 18.1 Å². The lowest BCUT2D eigenvalue weighted by Crippen LogP contribution is -2.16. The third-order valence-electron chi connectivity index (χ3n) is 2.74. The van der Waals surface area contributed by atoms with E-state index in [1.165, 1.54) is 18.0 Å². The van der Waals surface area contributed by atoms with Crippen LogP contribution in [0.1, 0.15) is 5.56 Å². The summed E-state index contributed by atoms with van der Waals surface area (Å²) in [7, 11) is 0. The van der Waals surface area contributed by atoms with E-state index in [1.807, 2.05) is 23.1 Å². The van der Waals surface area contributed by atoms with Gasteiger partial charge in [-0.15, -0.1) is 0 Å². The fourth-order valence-electron chi connectivity index (χ4n) is 1.99. The molecule has 2 aromatic rings. The van der Waals surface area contributed by atoms with Crippen LogP contribution in [0.4, 0.5) is 16.0 Å². The van der Waals surface area contributed by atoms with Gasteiger partial charge in [0.25, 0.3) is 0 Å². The molecule has 0 amide bonds. The summed E-state index contributed by atoms with van der Waals surface area (Å²) in [6, 6.07) is 8.14. The number of benzene rings is 1. The van der Waals surface area contributed by atoms with Gasteiger partial charge in [0.05, 0.1) is 12.4 Å². The van der Waals surface area contributed by atoms with Crippen molar-refractivity contribution in [3.63, 3.8) is 0 Å². The van der Waals surface area contributed by atoms with Crippen LogP contribution in [0.5, 0.6) is 0 Å². The molecular weight excluding hydrogens is 205 g/mol. The Morgan fingerprint density at radius 1 is 1.12 bits per heavy atom. The van der Waals surface area contributed by atoms with Gasteiger partial charge in [-0.2, -0.15) is 0 Å². The van der Waals surface area contributed by atoms with Gasteiger partial charge in [-0.3, -0.25) is 0 Å². The van der Waals surface area contributed by atoms with Crippen LogP contribution in [-0.2, 0) is 6.42 Å². The Kier molecular flexibility index (Phi) is 2.06. The van der Waals surface area contributed by atoms with E-state index in [4.69, 9.17) is 0 Å². The van der Waals surface area contributed by atoms with E-state index in [9.17, 15) is 4.39 Å². The molecule has 0 fully saturated rings. The molecule has 0 saturated heterocycles. The number of aromatic nitrogens is 2. The first kappa shape index (κ1) is 9.27. The van der Waals surface area contributed by atoms with Crippen molar-refractivity contribution in [1.29, 1.82) is 0 Å². The second-order valence-corrected chi connectivity index (χ2v) is 3.73. The predicted octanol–water partition coefficient (Wildman–Crippen LogP) is 2.31. The molecule has 0 bridgehead atoms. The minimum atomic E-state index is -0.406.